The van der Waals surface area contributed by atoms with Gasteiger partial charge in [0, 0.05) is 16.8 Å². The van der Waals surface area contributed by atoms with Crippen molar-refractivity contribution < 1.29 is 22.8 Å². The van der Waals surface area contributed by atoms with Gasteiger partial charge in [-0.1, -0.05) is 51.4 Å². The Morgan fingerprint density at radius 1 is 1.31 bits per heavy atom. The molecular formula is C21H14BrClF3N3O2S. The van der Waals surface area contributed by atoms with E-state index in [4.69, 9.17) is 11.6 Å². The maximum absolute atomic E-state index is 12.9. The average molecular weight is 545 g/mol. The molecule has 32 heavy (non-hydrogen) atoms. The number of thioether (sulfide) groups is 1. The van der Waals surface area contributed by atoms with Crippen LogP contribution >= 0.6 is 39.3 Å². The number of hydrogen-bond acceptors (Lipinski definition) is 4. The van der Waals surface area contributed by atoms with Crippen LogP contribution < -0.4 is 10.6 Å². The lowest BCUT2D eigenvalue weighted by Gasteiger charge is -2.25. The van der Waals surface area contributed by atoms with E-state index in [0.717, 1.165) is 40.0 Å². The van der Waals surface area contributed by atoms with Crippen LogP contribution in [0, 0.1) is 11.3 Å². The topological polar surface area (TPSA) is 82.0 Å². The number of amides is 2. The molecule has 0 saturated heterocycles. The van der Waals surface area contributed by atoms with Gasteiger partial charge >= 0.3 is 6.18 Å². The number of nitrogens with zero attached hydrogens (tertiary/aromatic N) is 1. The minimum Gasteiger partial charge on any atom is -0.324 e. The third-order valence-corrected chi connectivity index (χ3v) is 6.36. The Morgan fingerprint density at radius 2 is 2.06 bits per heavy atom. The number of anilines is 1. The van der Waals surface area contributed by atoms with Gasteiger partial charge in [-0.05, 0) is 35.9 Å². The van der Waals surface area contributed by atoms with E-state index in [2.05, 4.69) is 32.6 Å². The highest BCUT2D eigenvalue weighted by Crippen LogP contribution is 2.37. The van der Waals surface area contributed by atoms with Crippen LogP contribution in [0.2, 0.25) is 5.02 Å². The fraction of sp³-hybridized carbons (Fsp3) is 0.190. The first-order chi connectivity index (χ1) is 15.1. The van der Waals surface area contributed by atoms with E-state index in [1.807, 2.05) is 12.1 Å². The van der Waals surface area contributed by atoms with Crippen LogP contribution in [0.1, 0.15) is 23.5 Å². The van der Waals surface area contributed by atoms with Gasteiger partial charge in [-0.15, -0.1) is 0 Å². The van der Waals surface area contributed by atoms with Crippen molar-refractivity contribution in [1.82, 2.24) is 5.32 Å². The van der Waals surface area contributed by atoms with Crippen LogP contribution in [0.3, 0.4) is 0 Å². The molecule has 2 amide bonds. The summed E-state index contributed by atoms with van der Waals surface area (Å²) in [7, 11) is 0. The molecule has 0 unspecified atom stereocenters. The normalized spacial score (nSPS) is 16.4. The number of benzene rings is 2. The maximum atomic E-state index is 12.9. The fourth-order valence-corrected chi connectivity index (χ4v) is 4.52. The molecule has 0 aliphatic carbocycles. The highest BCUT2D eigenvalue weighted by atomic mass is 79.9. The lowest BCUT2D eigenvalue weighted by molar-refractivity contribution is -0.137. The molecule has 2 N–H and O–H groups in total. The van der Waals surface area contributed by atoms with Gasteiger partial charge in [-0.3, -0.25) is 9.59 Å². The Balaban J connectivity index is 1.77. The number of carbonyl (C=O) groups excluding carboxylic acids is 2. The molecule has 0 radical (unpaired) electrons. The summed E-state index contributed by atoms with van der Waals surface area (Å²) in [5.41, 5.74) is -0.0568. The van der Waals surface area contributed by atoms with Crippen molar-refractivity contribution in [3.05, 3.63) is 73.7 Å². The smallest absolute Gasteiger partial charge is 0.324 e. The van der Waals surface area contributed by atoms with Crippen molar-refractivity contribution in [2.75, 3.05) is 11.1 Å². The summed E-state index contributed by atoms with van der Waals surface area (Å²) in [6.45, 7) is 0. The second-order valence-electron chi connectivity index (χ2n) is 6.74. The second-order valence-corrected chi connectivity index (χ2v) is 9.05. The van der Waals surface area contributed by atoms with E-state index in [1.165, 1.54) is 0 Å². The minimum atomic E-state index is -4.58. The van der Waals surface area contributed by atoms with Crippen molar-refractivity contribution in [2.45, 2.75) is 18.5 Å². The molecule has 3 rings (SSSR count). The zero-order valence-electron chi connectivity index (χ0n) is 16.1. The van der Waals surface area contributed by atoms with Gasteiger partial charge in [0.2, 0.25) is 11.8 Å². The molecule has 0 saturated carbocycles. The van der Waals surface area contributed by atoms with Crippen molar-refractivity contribution >= 4 is 56.8 Å². The summed E-state index contributed by atoms with van der Waals surface area (Å²) in [6.07, 6.45) is -4.51. The van der Waals surface area contributed by atoms with Crippen molar-refractivity contribution in [3.63, 3.8) is 0 Å². The molecular weight excluding hydrogens is 531 g/mol. The molecule has 1 heterocycles. The molecule has 2 aromatic rings. The number of nitrogens with one attached hydrogen (secondary N) is 2. The van der Waals surface area contributed by atoms with E-state index >= 15 is 0 Å². The molecule has 0 aromatic heterocycles. The van der Waals surface area contributed by atoms with E-state index in [-0.39, 0.29) is 33.8 Å². The highest BCUT2D eigenvalue weighted by Gasteiger charge is 2.32. The SMILES string of the molecule is N#CC1=C(SCC(=O)Nc2cc(C(F)(F)F)ccc2Cl)NC(=O)C[C@H]1c1cccc(Br)c1. The quantitative estimate of drug-likeness (QED) is 0.496. The number of hydrogen-bond donors (Lipinski definition) is 2. The monoisotopic (exact) mass is 543 g/mol. The first-order valence-corrected chi connectivity index (χ1v) is 11.2. The summed E-state index contributed by atoms with van der Waals surface area (Å²) < 4.78 is 39.5. The van der Waals surface area contributed by atoms with Gasteiger partial charge in [-0.25, -0.2) is 0 Å². The van der Waals surface area contributed by atoms with Crippen LogP contribution in [0.25, 0.3) is 0 Å². The fourth-order valence-electron chi connectivity index (χ4n) is 3.06. The predicted octanol–water partition coefficient (Wildman–Crippen LogP) is 5.83. The van der Waals surface area contributed by atoms with Gasteiger partial charge < -0.3 is 10.6 Å². The largest absolute Gasteiger partial charge is 0.416 e. The molecule has 11 heteroatoms. The van der Waals surface area contributed by atoms with Gasteiger partial charge in [0.15, 0.2) is 0 Å². The third-order valence-electron chi connectivity index (χ3n) is 4.52. The number of rotatable bonds is 5. The van der Waals surface area contributed by atoms with E-state index in [1.54, 1.807) is 12.1 Å². The first-order valence-electron chi connectivity index (χ1n) is 9.07. The standard InChI is InChI=1S/C21H14BrClF3N3O2S/c22-13-3-1-2-11(6-13)14-8-18(30)29-20(15(14)9-27)32-10-19(31)28-17-7-12(21(24,25)26)4-5-16(17)23/h1-7,14H,8,10H2,(H,28,31)(H,29,30)/t14-/m0/s1. The Labute approximate surface area is 199 Å². The number of nitriles is 1. The molecule has 0 bridgehead atoms. The third kappa shape index (κ3) is 5.85. The molecule has 1 atom stereocenters. The lowest BCUT2D eigenvalue weighted by atomic mass is 9.87. The van der Waals surface area contributed by atoms with Crippen LogP contribution in [0.15, 0.2) is 57.5 Å². The van der Waals surface area contributed by atoms with Crippen LogP contribution in [-0.4, -0.2) is 17.6 Å². The molecule has 0 fully saturated rings. The summed E-state index contributed by atoms with van der Waals surface area (Å²) in [5, 5.41) is 14.8. The predicted molar refractivity (Wildman–Crippen MR) is 120 cm³/mol. The van der Waals surface area contributed by atoms with Crippen LogP contribution in [-0.2, 0) is 15.8 Å². The molecule has 1 aliphatic rings. The summed E-state index contributed by atoms with van der Waals surface area (Å²) >= 11 is 10.2. The second kappa shape index (κ2) is 9.98. The Hall–Kier alpha value is -2.48. The Bertz CT molecular complexity index is 1150. The van der Waals surface area contributed by atoms with Gasteiger partial charge in [0.25, 0.3) is 0 Å². The Kier molecular flexibility index (Phi) is 7.54. The van der Waals surface area contributed by atoms with Crippen LogP contribution in [0.4, 0.5) is 18.9 Å². The summed E-state index contributed by atoms with van der Waals surface area (Å²) in [4.78, 5) is 24.6. The van der Waals surface area contributed by atoms with Crippen molar-refractivity contribution in [3.8, 4) is 6.07 Å². The molecule has 166 valence electrons. The molecule has 1 aliphatic heterocycles. The van der Waals surface area contributed by atoms with Gasteiger partial charge in [0.1, 0.15) is 0 Å². The average Bonchev–Trinajstić information content (AvgIpc) is 2.72. The minimum absolute atomic E-state index is 0.0473. The maximum Gasteiger partial charge on any atom is 0.416 e. The summed E-state index contributed by atoms with van der Waals surface area (Å²) in [5.74, 6) is -1.68. The Morgan fingerprint density at radius 3 is 2.72 bits per heavy atom. The lowest BCUT2D eigenvalue weighted by Crippen LogP contribution is -2.31. The van der Waals surface area contributed by atoms with E-state index in [9.17, 15) is 28.0 Å². The highest BCUT2D eigenvalue weighted by molar-refractivity contribution is 9.10. The van der Waals surface area contributed by atoms with Crippen molar-refractivity contribution in [1.29, 1.82) is 5.26 Å². The van der Waals surface area contributed by atoms with Crippen LogP contribution in [0.5, 0.6) is 0 Å². The number of allylic oxidation sites excluding steroid dienone is 1. The van der Waals surface area contributed by atoms with Gasteiger partial charge in [-0.2, -0.15) is 18.4 Å². The summed E-state index contributed by atoms with van der Waals surface area (Å²) in [6, 6.07) is 11.9. The molecule has 2 aromatic carbocycles. The molecule has 0 spiro atoms. The first kappa shape index (κ1) is 24.2. The zero-order chi connectivity index (χ0) is 23.5. The van der Waals surface area contributed by atoms with E-state index in [0.29, 0.717) is 5.57 Å². The number of alkyl halides is 3. The van der Waals surface area contributed by atoms with Gasteiger partial charge in [0.05, 0.1) is 38.7 Å². The zero-order valence-corrected chi connectivity index (χ0v) is 19.3. The van der Waals surface area contributed by atoms with Crippen molar-refractivity contribution in [2.24, 2.45) is 0 Å². The number of carbonyl (C=O) groups is 2. The number of halogens is 5. The molecule has 5 nitrogen and oxygen atoms in total. The van der Waals surface area contributed by atoms with E-state index < -0.39 is 23.6 Å².